The van der Waals surface area contributed by atoms with Crippen molar-refractivity contribution in [1.29, 1.82) is 5.26 Å². The Kier molecular flexibility index (Phi) is 5.67. The molecule has 0 aromatic carbocycles. The first-order valence-electron chi connectivity index (χ1n) is 4.32. The molecule has 0 bridgehead atoms. The molecule has 0 aromatic rings. The van der Waals surface area contributed by atoms with Gasteiger partial charge in [0.15, 0.2) is 0 Å². The molecule has 13 heavy (non-hydrogen) atoms. The molecule has 4 nitrogen and oxygen atoms in total. The van der Waals surface area contributed by atoms with E-state index in [4.69, 9.17) is 5.26 Å². The minimum absolute atomic E-state index is 0.149. The molecule has 0 amide bonds. The van der Waals surface area contributed by atoms with Crippen LogP contribution >= 0.6 is 0 Å². The number of hydrogen-bond donors (Lipinski definition) is 1. The van der Waals surface area contributed by atoms with Gasteiger partial charge in [0.05, 0.1) is 11.8 Å². The highest BCUT2D eigenvalue weighted by Gasteiger charge is 2.09. The average Bonchev–Trinajstić information content (AvgIpc) is 2.02. The minimum Gasteiger partial charge on any atom is -0.214 e. The Bertz CT molecular complexity index is 264. The molecule has 0 radical (unpaired) electrons. The molecule has 0 heterocycles. The number of rotatable bonds is 6. The third kappa shape index (κ3) is 7.75. The van der Waals surface area contributed by atoms with E-state index in [1.165, 1.54) is 0 Å². The highest BCUT2D eigenvalue weighted by molar-refractivity contribution is 7.89. The van der Waals surface area contributed by atoms with Crippen LogP contribution in [0.2, 0.25) is 0 Å². The summed E-state index contributed by atoms with van der Waals surface area (Å²) in [4.78, 5) is 0. The molecule has 0 unspecified atom stereocenters. The lowest BCUT2D eigenvalue weighted by Crippen LogP contribution is -2.27. The molecule has 0 atom stereocenters. The summed E-state index contributed by atoms with van der Waals surface area (Å²) in [6.07, 6.45) is 0.878. The Balaban J connectivity index is 3.76. The molecule has 0 saturated carbocycles. The molecule has 0 fully saturated rings. The lowest BCUT2D eigenvalue weighted by molar-refractivity contribution is 0.562. The molecule has 0 aromatic heterocycles. The zero-order valence-corrected chi connectivity index (χ0v) is 8.89. The lowest BCUT2D eigenvalue weighted by atomic mass is 10.2. The van der Waals surface area contributed by atoms with Gasteiger partial charge in [-0.05, 0) is 12.3 Å². The Morgan fingerprint density at radius 3 is 2.54 bits per heavy atom. The Morgan fingerprint density at radius 1 is 1.46 bits per heavy atom. The second kappa shape index (κ2) is 5.95. The van der Waals surface area contributed by atoms with Crippen molar-refractivity contribution in [2.75, 3.05) is 12.3 Å². The maximum absolute atomic E-state index is 11.2. The van der Waals surface area contributed by atoms with Crippen molar-refractivity contribution in [3.63, 3.8) is 0 Å². The van der Waals surface area contributed by atoms with E-state index in [0.29, 0.717) is 12.3 Å². The van der Waals surface area contributed by atoms with Crippen LogP contribution in [0, 0.1) is 17.2 Å². The zero-order chi connectivity index (χ0) is 10.3. The average molecular weight is 204 g/mol. The van der Waals surface area contributed by atoms with Gasteiger partial charge in [-0.25, -0.2) is 13.1 Å². The van der Waals surface area contributed by atoms with Gasteiger partial charge in [-0.3, -0.25) is 0 Å². The third-order valence-electron chi connectivity index (χ3n) is 1.52. The van der Waals surface area contributed by atoms with Crippen LogP contribution in [0.15, 0.2) is 0 Å². The topological polar surface area (TPSA) is 70.0 Å². The molecule has 0 saturated heterocycles. The predicted octanol–water partition coefficient (Wildman–Crippen LogP) is 0.866. The summed E-state index contributed by atoms with van der Waals surface area (Å²) in [5.41, 5.74) is 0. The summed E-state index contributed by atoms with van der Waals surface area (Å²) in [7, 11) is -3.15. The van der Waals surface area contributed by atoms with E-state index in [1.807, 2.05) is 19.9 Å². The van der Waals surface area contributed by atoms with Crippen LogP contribution in [0.1, 0.15) is 26.7 Å². The van der Waals surface area contributed by atoms with Crippen LogP contribution < -0.4 is 4.72 Å². The number of nitrogens with zero attached hydrogens (tertiary/aromatic N) is 1. The number of nitrogens with one attached hydrogen (secondary N) is 1. The fourth-order valence-corrected chi connectivity index (χ4v) is 2.06. The van der Waals surface area contributed by atoms with Crippen molar-refractivity contribution in [2.24, 2.45) is 5.92 Å². The molecule has 0 spiro atoms. The number of sulfonamides is 1. The van der Waals surface area contributed by atoms with E-state index in [0.717, 1.165) is 0 Å². The van der Waals surface area contributed by atoms with Crippen molar-refractivity contribution in [3.8, 4) is 6.07 Å². The summed E-state index contributed by atoms with van der Waals surface area (Å²) in [6.45, 7) is 4.17. The van der Waals surface area contributed by atoms with E-state index >= 15 is 0 Å². The van der Waals surface area contributed by atoms with E-state index in [1.54, 1.807) is 0 Å². The summed E-state index contributed by atoms with van der Waals surface area (Å²) >= 11 is 0. The summed E-state index contributed by atoms with van der Waals surface area (Å²) < 4.78 is 24.7. The van der Waals surface area contributed by atoms with Gasteiger partial charge < -0.3 is 0 Å². The van der Waals surface area contributed by atoms with E-state index in [2.05, 4.69) is 4.72 Å². The van der Waals surface area contributed by atoms with Crippen LogP contribution in [0.25, 0.3) is 0 Å². The summed E-state index contributed by atoms with van der Waals surface area (Å²) in [5, 5.41) is 8.20. The van der Waals surface area contributed by atoms with Crippen LogP contribution in [-0.2, 0) is 10.0 Å². The quantitative estimate of drug-likeness (QED) is 0.652. The largest absolute Gasteiger partial charge is 0.214 e. The van der Waals surface area contributed by atoms with Gasteiger partial charge in [-0.15, -0.1) is 0 Å². The first-order chi connectivity index (χ1) is 5.98. The van der Waals surface area contributed by atoms with E-state index in [9.17, 15) is 8.42 Å². The third-order valence-corrected chi connectivity index (χ3v) is 2.94. The van der Waals surface area contributed by atoms with Crippen molar-refractivity contribution in [1.82, 2.24) is 4.72 Å². The van der Waals surface area contributed by atoms with Crippen LogP contribution in [-0.4, -0.2) is 20.7 Å². The SMILES string of the molecule is CC(C)CCS(=O)(=O)NCCC#N. The fourth-order valence-electron chi connectivity index (χ4n) is 0.725. The van der Waals surface area contributed by atoms with Gasteiger partial charge in [0, 0.05) is 13.0 Å². The normalized spacial score (nSPS) is 11.5. The minimum atomic E-state index is -3.15. The van der Waals surface area contributed by atoms with Crippen LogP contribution in [0.3, 0.4) is 0 Å². The second-order valence-electron chi connectivity index (χ2n) is 3.30. The highest BCUT2D eigenvalue weighted by atomic mass is 32.2. The van der Waals surface area contributed by atoms with Gasteiger partial charge in [0.2, 0.25) is 10.0 Å². The van der Waals surface area contributed by atoms with Crippen molar-refractivity contribution in [3.05, 3.63) is 0 Å². The standard InChI is InChI=1S/C8H16N2O2S/c1-8(2)4-7-13(11,12)10-6-3-5-9/h8,10H,3-4,6-7H2,1-2H3. The van der Waals surface area contributed by atoms with Gasteiger partial charge >= 0.3 is 0 Å². The zero-order valence-electron chi connectivity index (χ0n) is 8.08. The predicted molar refractivity (Wildman–Crippen MR) is 51.5 cm³/mol. The molecular formula is C8H16N2O2S. The summed E-state index contributed by atoms with van der Waals surface area (Å²) in [5.74, 6) is 0.531. The van der Waals surface area contributed by atoms with Crippen molar-refractivity contribution in [2.45, 2.75) is 26.7 Å². The molecule has 76 valence electrons. The molecular weight excluding hydrogens is 188 g/mol. The van der Waals surface area contributed by atoms with E-state index in [-0.39, 0.29) is 18.7 Å². The molecule has 1 N–H and O–H groups in total. The van der Waals surface area contributed by atoms with E-state index < -0.39 is 10.0 Å². The highest BCUT2D eigenvalue weighted by Crippen LogP contribution is 2.01. The Morgan fingerprint density at radius 2 is 2.08 bits per heavy atom. The second-order valence-corrected chi connectivity index (χ2v) is 5.23. The van der Waals surface area contributed by atoms with Crippen molar-refractivity contribution < 1.29 is 8.42 Å². The van der Waals surface area contributed by atoms with Crippen LogP contribution in [0.5, 0.6) is 0 Å². The molecule has 0 rings (SSSR count). The molecule has 0 aliphatic rings. The first-order valence-corrected chi connectivity index (χ1v) is 5.97. The smallest absolute Gasteiger partial charge is 0.211 e. The molecule has 5 heteroatoms. The lowest BCUT2D eigenvalue weighted by Gasteiger charge is -2.06. The van der Waals surface area contributed by atoms with Gasteiger partial charge in [-0.1, -0.05) is 13.8 Å². The van der Waals surface area contributed by atoms with Gasteiger partial charge in [-0.2, -0.15) is 5.26 Å². The van der Waals surface area contributed by atoms with Gasteiger partial charge in [0.25, 0.3) is 0 Å². The number of hydrogen-bond acceptors (Lipinski definition) is 3. The fraction of sp³-hybridized carbons (Fsp3) is 0.875. The maximum atomic E-state index is 11.2. The Labute approximate surface area is 80.0 Å². The van der Waals surface area contributed by atoms with Gasteiger partial charge in [0.1, 0.15) is 0 Å². The maximum Gasteiger partial charge on any atom is 0.211 e. The molecule has 0 aliphatic carbocycles. The first kappa shape index (κ1) is 12.4. The molecule has 0 aliphatic heterocycles. The van der Waals surface area contributed by atoms with Crippen LogP contribution in [0.4, 0.5) is 0 Å². The monoisotopic (exact) mass is 204 g/mol. The van der Waals surface area contributed by atoms with Crippen molar-refractivity contribution >= 4 is 10.0 Å². The Hall–Kier alpha value is -0.600. The number of nitriles is 1. The summed E-state index contributed by atoms with van der Waals surface area (Å²) in [6, 6.07) is 1.88.